The molecule has 0 fully saturated rings. The SMILES string of the molecule is CCCCCC/C=C\C/C=C\CCCCCCCC(=O)OCC(COC(=O)CCCCCCCCCC)OC(=O)CCCCCCC/C=C\CCCCCCCCC. The number of hydrogen-bond donors (Lipinski definition) is 0. The number of allylic oxidation sites excluding steroid dienone is 6. The molecule has 1 atom stereocenters. The van der Waals surface area contributed by atoms with Crippen molar-refractivity contribution in [1.29, 1.82) is 0 Å². The molecule has 0 saturated carbocycles. The van der Waals surface area contributed by atoms with Crippen LogP contribution < -0.4 is 0 Å². The van der Waals surface area contributed by atoms with Gasteiger partial charge < -0.3 is 14.2 Å². The first-order chi connectivity index (χ1) is 28.5. The van der Waals surface area contributed by atoms with E-state index in [1.165, 1.54) is 135 Å². The Morgan fingerprint density at radius 2 is 0.621 bits per heavy atom. The van der Waals surface area contributed by atoms with Crippen molar-refractivity contribution in [2.75, 3.05) is 13.2 Å². The van der Waals surface area contributed by atoms with Gasteiger partial charge >= 0.3 is 17.9 Å². The average Bonchev–Trinajstić information content (AvgIpc) is 3.22. The molecule has 0 aromatic carbocycles. The Morgan fingerprint density at radius 1 is 0.345 bits per heavy atom. The number of hydrogen-bond acceptors (Lipinski definition) is 6. The molecule has 338 valence electrons. The Kier molecular flexibility index (Phi) is 45.4. The summed E-state index contributed by atoms with van der Waals surface area (Å²) in [5.41, 5.74) is 0. The van der Waals surface area contributed by atoms with E-state index in [-0.39, 0.29) is 31.1 Å². The predicted octanol–water partition coefficient (Wildman–Crippen LogP) is 16.1. The topological polar surface area (TPSA) is 78.9 Å². The molecule has 0 aliphatic carbocycles. The van der Waals surface area contributed by atoms with Crippen LogP contribution in [0.4, 0.5) is 0 Å². The predicted molar refractivity (Wildman–Crippen MR) is 247 cm³/mol. The molecule has 6 nitrogen and oxygen atoms in total. The Hall–Kier alpha value is -2.37. The smallest absolute Gasteiger partial charge is 0.306 e. The number of carbonyl (C=O) groups is 3. The molecule has 1 unspecified atom stereocenters. The van der Waals surface area contributed by atoms with Gasteiger partial charge in [0.1, 0.15) is 13.2 Å². The number of carbonyl (C=O) groups excluding carboxylic acids is 3. The third-order valence-corrected chi connectivity index (χ3v) is 10.9. The Bertz CT molecular complexity index is 984. The van der Waals surface area contributed by atoms with Gasteiger partial charge in [-0.1, -0.05) is 198 Å². The van der Waals surface area contributed by atoms with E-state index in [0.29, 0.717) is 19.3 Å². The largest absolute Gasteiger partial charge is 0.462 e. The van der Waals surface area contributed by atoms with Gasteiger partial charge in [0.2, 0.25) is 0 Å². The summed E-state index contributed by atoms with van der Waals surface area (Å²) in [4.78, 5) is 37.8. The summed E-state index contributed by atoms with van der Waals surface area (Å²) < 4.78 is 16.7. The molecule has 0 amide bonds. The fourth-order valence-corrected chi connectivity index (χ4v) is 7.05. The lowest BCUT2D eigenvalue weighted by atomic mass is 10.1. The molecule has 0 saturated heterocycles. The Balaban J connectivity index is 4.33. The highest BCUT2D eigenvalue weighted by atomic mass is 16.6. The van der Waals surface area contributed by atoms with E-state index in [4.69, 9.17) is 14.2 Å². The summed E-state index contributed by atoms with van der Waals surface area (Å²) >= 11 is 0. The zero-order valence-corrected chi connectivity index (χ0v) is 38.6. The molecule has 0 aliphatic heterocycles. The first-order valence-electron chi connectivity index (χ1n) is 25.0. The summed E-state index contributed by atoms with van der Waals surface area (Å²) in [7, 11) is 0. The van der Waals surface area contributed by atoms with Crippen LogP contribution >= 0.6 is 0 Å². The molecule has 0 spiro atoms. The Morgan fingerprint density at radius 3 is 0.983 bits per heavy atom. The molecular formula is C52H94O6. The van der Waals surface area contributed by atoms with E-state index in [2.05, 4.69) is 57.2 Å². The standard InChI is InChI=1S/C52H94O6/c1-4-7-10-13-16-19-21-23-25-27-29-31-33-36-39-42-45-51(54)57-48-49(47-56-50(53)44-41-38-35-18-15-12-9-6-3)58-52(55)46-43-40-37-34-32-30-28-26-24-22-20-17-14-11-8-5-2/h19,21,25-28,49H,4-18,20,22-24,29-48H2,1-3H3/b21-19-,27-25-,28-26-. The first kappa shape index (κ1) is 55.6. The van der Waals surface area contributed by atoms with Gasteiger partial charge in [-0.2, -0.15) is 0 Å². The van der Waals surface area contributed by atoms with Gasteiger partial charge in [0, 0.05) is 19.3 Å². The highest BCUT2D eigenvalue weighted by Gasteiger charge is 2.19. The van der Waals surface area contributed by atoms with Crippen molar-refractivity contribution in [3.8, 4) is 0 Å². The van der Waals surface area contributed by atoms with Crippen molar-refractivity contribution >= 4 is 17.9 Å². The fourth-order valence-electron chi connectivity index (χ4n) is 7.05. The van der Waals surface area contributed by atoms with Gasteiger partial charge in [0.15, 0.2) is 6.10 Å². The van der Waals surface area contributed by atoms with Crippen molar-refractivity contribution in [2.45, 2.75) is 264 Å². The zero-order chi connectivity index (χ0) is 42.3. The Labute approximate surface area is 359 Å². The van der Waals surface area contributed by atoms with Crippen LogP contribution in [0.5, 0.6) is 0 Å². The molecule has 0 aromatic heterocycles. The highest BCUT2D eigenvalue weighted by Crippen LogP contribution is 2.14. The second kappa shape index (κ2) is 47.3. The van der Waals surface area contributed by atoms with Crippen molar-refractivity contribution in [1.82, 2.24) is 0 Å². The maximum absolute atomic E-state index is 12.7. The minimum Gasteiger partial charge on any atom is -0.462 e. The monoisotopic (exact) mass is 815 g/mol. The molecule has 0 N–H and O–H groups in total. The summed E-state index contributed by atoms with van der Waals surface area (Å²) in [5, 5.41) is 0. The van der Waals surface area contributed by atoms with Crippen molar-refractivity contribution in [2.24, 2.45) is 0 Å². The second-order valence-corrected chi connectivity index (χ2v) is 16.7. The maximum Gasteiger partial charge on any atom is 0.306 e. The fraction of sp³-hybridized carbons (Fsp3) is 0.827. The van der Waals surface area contributed by atoms with Gasteiger partial charge in [-0.3, -0.25) is 14.4 Å². The minimum absolute atomic E-state index is 0.0782. The third kappa shape index (κ3) is 44.7. The van der Waals surface area contributed by atoms with Crippen LogP contribution in [-0.4, -0.2) is 37.2 Å². The highest BCUT2D eigenvalue weighted by molar-refractivity contribution is 5.71. The molecule has 6 heteroatoms. The molecule has 0 rings (SSSR count). The van der Waals surface area contributed by atoms with Gasteiger partial charge in [-0.05, 0) is 77.0 Å². The summed E-state index contributed by atoms with van der Waals surface area (Å²) in [6, 6.07) is 0. The molecule has 0 aliphatic rings. The average molecular weight is 815 g/mol. The zero-order valence-electron chi connectivity index (χ0n) is 38.6. The van der Waals surface area contributed by atoms with E-state index in [1.807, 2.05) is 0 Å². The van der Waals surface area contributed by atoms with E-state index in [9.17, 15) is 14.4 Å². The first-order valence-corrected chi connectivity index (χ1v) is 25.0. The van der Waals surface area contributed by atoms with Crippen LogP contribution in [-0.2, 0) is 28.6 Å². The normalized spacial score (nSPS) is 12.3. The lowest BCUT2D eigenvalue weighted by Gasteiger charge is -2.18. The van der Waals surface area contributed by atoms with Crippen molar-refractivity contribution < 1.29 is 28.6 Å². The summed E-state index contributed by atoms with van der Waals surface area (Å²) in [5.74, 6) is -0.899. The third-order valence-electron chi connectivity index (χ3n) is 10.9. The van der Waals surface area contributed by atoms with E-state index >= 15 is 0 Å². The van der Waals surface area contributed by atoms with Crippen molar-refractivity contribution in [3.05, 3.63) is 36.5 Å². The van der Waals surface area contributed by atoms with Gasteiger partial charge in [-0.15, -0.1) is 0 Å². The molecule has 0 aromatic rings. The number of ether oxygens (including phenoxy) is 3. The number of unbranched alkanes of at least 4 members (excludes halogenated alkanes) is 28. The van der Waals surface area contributed by atoms with Crippen LogP contribution in [0, 0.1) is 0 Å². The van der Waals surface area contributed by atoms with Crippen LogP contribution in [0.2, 0.25) is 0 Å². The van der Waals surface area contributed by atoms with Crippen LogP contribution in [0.3, 0.4) is 0 Å². The van der Waals surface area contributed by atoms with E-state index in [0.717, 1.165) is 83.5 Å². The van der Waals surface area contributed by atoms with E-state index in [1.54, 1.807) is 0 Å². The number of esters is 3. The van der Waals surface area contributed by atoms with E-state index < -0.39 is 6.10 Å². The van der Waals surface area contributed by atoms with Gasteiger partial charge in [-0.25, -0.2) is 0 Å². The second-order valence-electron chi connectivity index (χ2n) is 16.7. The maximum atomic E-state index is 12.7. The molecule has 0 radical (unpaired) electrons. The van der Waals surface area contributed by atoms with Crippen LogP contribution in [0.25, 0.3) is 0 Å². The lowest BCUT2D eigenvalue weighted by Crippen LogP contribution is -2.30. The molecule has 0 bridgehead atoms. The summed E-state index contributed by atoms with van der Waals surface area (Å²) in [6.07, 6.45) is 54.2. The quantitative estimate of drug-likeness (QED) is 0.0264. The molecule has 58 heavy (non-hydrogen) atoms. The number of rotatable bonds is 45. The molecular weight excluding hydrogens is 721 g/mol. The van der Waals surface area contributed by atoms with Crippen LogP contribution in [0.15, 0.2) is 36.5 Å². The minimum atomic E-state index is -0.777. The van der Waals surface area contributed by atoms with Crippen molar-refractivity contribution in [3.63, 3.8) is 0 Å². The van der Waals surface area contributed by atoms with Gasteiger partial charge in [0.05, 0.1) is 0 Å². The summed E-state index contributed by atoms with van der Waals surface area (Å²) in [6.45, 7) is 6.58. The van der Waals surface area contributed by atoms with Gasteiger partial charge in [0.25, 0.3) is 0 Å². The lowest BCUT2D eigenvalue weighted by molar-refractivity contribution is -0.167. The van der Waals surface area contributed by atoms with Crippen LogP contribution in [0.1, 0.15) is 258 Å². The molecule has 0 heterocycles.